The van der Waals surface area contributed by atoms with Crippen LogP contribution < -0.4 is 10.1 Å². The summed E-state index contributed by atoms with van der Waals surface area (Å²) in [5.74, 6) is 1.95. The van der Waals surface area contributed by atoms with E-state index in [2.05, 4.69) is 15.2 Å². The number of benzene rings is 1. The number of piperidine rings is 1. The number of nitrogens with one attached hydrogen (secondary N) is 1. The summed E-state index contributed by atoms with van der Waals surface area (Å²) in [6.45, 7) is 4.15. The van der Waals surface area contributed by atoms with E-state index in [1.807, 2.05) is 19.1 Å². The topological polar surface area (TPSA) is 105 Å². The first-order chi connectivity index (χ1) is 17.0. The molecule has 2 saturated heterocycles. The normalized spacial score (nSPS) is 27.5. The minimum Gasteiger partial charge on any atom is -0.489 e. The molecule has 1 aromatic heterocycles. The Morgan fingerprint density at radius 3 is 2.71 bits per heavy atom. The van der Waals surface area contributed by atoms with Crippen LogP contribution in [0.25, 0.3) is 0 Å². The molecule has 184 valence electrons. The van der Waals surface area contributed by atoms with Crippen LogP contribution in [0.3, 0.4) is 0 Å². The summed E-state index contributed by atoms with van der Waals surface area (Å²) >= 11 is 0. The van der Waals surface area contributed by atoms with Crippen LogP contribution >= 0.6 is 0 Å². The number of aromatic nitrogens is 1. The Balaban J connectivity index is 1.12. The number of oxazole rings is 1. The SMILES string of the molecule is Cc1cnc(C2CN([C@H]3CCCC[C@H]3Oc3ccc4c(c3)CN(C3CCC(=O)NC3=O)C4=O)C2)o1. The Hall–Kier alpha value is -3.20. The largest absolute Gasteiger partial charge is 0.489 e. The molecular weight excluding hydrogens is 448 g/mol. The van der Waals surface area contributed by atoms with E-state index < -0.39 is 11.9 Å². The van der Waals surface area contributed by atoms with Crippen LogP contribution in [0.5, 0.6) is 5.75 Å². The number of nitrogens with zero attached hydrogens (tertiary/aromatic N) is 3. The van der Waals surface area contributed by atoms with Crippen LogP contribution in [-0.4, -0.2) is 63.8 Å². The van der Waals surface area contributed by atoms with Crippen LogP contribution in [0.2, 0.25) is 0 Å². The molecule has 3 atom stereocenters. The number of carbonyl (C=O) groups excluding carboxylic acids is 3. The van der Waals surface area contributed by atoms with Gasteiger partial charge in [-0.05, 0) is 56.4 Å². The summed E-state index contributed by atoms with van der Waals surface area (Å²) in [6, 6.07) is 5.36. The predicted octanol–water partition coefficient (Wildman–Crippen LogP) is 2.53. The molecule has 35 heavy (non-hydrogen) atoms. The Morgan fingerprint density at radius 1 is 1.11 bits per heavy atom. The van der Waals surface area contributed by atoms with Crippen LogP contribution in [0.15, 0.2) is 28.8 Å². The molecule has 4 heterocycles. The van der Waals surface area contributed by atoms with Crippen molar-refractivity contribution >= 4 is 17.7 Å². The molecule has 3 fully saturated rings. The molecule has 6 rings (SSSR count). The van der Waals surface area contributed by atoms with Crippen molar-refractivity contribution in [3.8, 4) is 5.75 Å². The average molecular weight is 479 g/mol. The second-order valence-electron chi connectivity index (χ2n) is 10.2. The van der Waals surface area contributed by atoms with Gasteiger partial charge < -0.3 is 14.1 Å². The number of hydrogen-bond acceptors (Lipinski definition) is 7. The Labute approximate surface area is 203 Å². The molecule has 0 spiro atoms. The standard InChI is InChI=1S/C26H30N4O5/c1-15-11-27-25(34-15)17-12-29(13-17)20-4-2-3-5-22(20)35-18-6-7-19-16(10-18)14-30(26(19)33)21-8-9-23(31)28-24(21)32/h6-7,10-11,17,20-22H,2-5,8-9,12-14H2,1H3,(H,28,31,32)/t20-,21?,22+/m0/s1. The van der Waals surface area contributed by atoms with Gasteiger partial charge in [-0.25, -0.2) is 4.98 Å². The van der Waals surface area contributed by atoms with Crippen molar-refractivity contribution in [2.24, 2.45) is 0 Å². The molecule has 9 nitrogen and oxygen atoms in total. The van der Waals surface area contributed by atoms with Gasteiger partial charge >= 0.3 is 0 Å². The van der Waals surface area contributed by atoms with Gasteiger partial charge in [0.2, 0.25) is 11.8 Å². The highest BCUT2D eigenvalue weighted by Crippen LogP contribution is 2.36. The lowest BCUT2D eigenvalue weighted by Crippen LogP contribution is -2.57. The fourth-order valence-corrected chi connectivity index (χ4v) is 5.93. The van der Waals surface area contributed by atoms with E-state index in [1.54, 1.807) is 17.2 Å². The first kappa shape index (κ1) is 22.3. The van der Waals surface area contributed by atoms with E-state index in [9.17, 15) is 14.4 Å². The van der Waals surface area contributed by atoms with Gasteiger partial charge in [-0.3, -0.25) is 24.6 Å². The fraction of sp³-hybridized carbons (Fsp3) is 0.538. The van der Waals surface area contributed by atoms with Crippen molar-refractivity contribution in [2.45, 2.75) is 76.1 Å². The third-order valence-corrected chi connectivity index (χ3v) is 7.82. The Bertz CT molecular complexity index is 1170. The summed E-state index contributed by atoms with van der Waals surface area (Å²) in [6.07, 6.45) is 6.94. The molecule has 1 N–H and O–H groups in total. The van der Waals surface area contributed by atoms with Crippen LogP contribution in [0.4, 0.5) is 0 Å². The molecule has 1 aliphatic carbocycles. The Kier molecular flexibility index (Phi) is 5.59. The first-order valence-corrected chi connectivity index (χ1v) is 12.6. The van der Waals surface area contributed by atoms with Crippen LogP contribution in [0.1, 0.15) is 72.0 Å². The van der Waals surface area contributed by atoms with Gasteiger partial charge in [0.25, 0.3) is 5.91 Å². The lowest BCUT2D eigenvalue weighted by molar-refractivity contribution is -0.136. The van der Waals surface area contributed by atoms with E-state index in [1.165, 1.54) is 6.42 Å². The number of carbonyl (C=O) groups is 3. The number of rotatable bonds is 5. The summed E-state index contributed by atoms with van der Waals surface area (Å²) in [5.41, 5.74) is 1.47. The van der Waals surface area contributed by atoms with E-state index in [0.717, 1.165) is 55.3 Å². The maximum absolute atomic E-state index is 13.0. The number of imide groups is 1. The quantitative estimate of drug-likeness (QED) is 0.659. The molecule has 1 aromatic carbocycles. The number of ether oxygens (including phenoxy) is 1. The van der Waals surface area contributed by atoms with Crippen molar-refractivity contribution in [2.75, 3.05) is 13.1 Å². The zero-order chi connectivity index (χ0) is 24.1. The van der Waals surface area contributed by atoms with Crippen molar-refractivity contribution in [1.29, 1.82) is 0 Å². The van der Waals surface area contributed by atoms with Crippen LogP contribution in [-0.2, 0) is 16.1 Å². The molecule has 0 radical (unpaired) electrons. The van der Waals surface area contributed by atoms with Gasteiger partial charge in [0.15, 0.2) is 5.89 Å². The van der Waals surface area contributed by atoms with Crippen LogP contribution in [0, 0.1) is 6.92 Å². The van der Waals surface area contributed by atoms with Crippen molar-refractivity contribution in [1.82, 2.24) is 20.1 Å². The minimum atomic E-state index is -0.605. The number of fused-ring (bicyclic) bond motifs is 1. The number of amides is 3. The predicted molar refractivity (Wildman–Crippen MR) is 125 cm³/mol. The van der Waals surface area contributed by atoms with Gasteiger partial charge in [0, 0.05) is 37.7 Å². The van der Waals surface area contributed by atoms with Crippen molar-refractivity contribution in [3.05, 3.63) is 47.2 Å². The second-order valence-corrected chi connectivity index (χ2v) is 10.2. The van der Waals surface area contributed by atoms with Gasteiger partial charge in [0.05, 0.1) is 12.1 Å². The van der Waals surface area contributed by atoms with E-state index >= 15 is 0 Å². The third kappa shape index (κ3) is 4.11. The highest BCUT2D eigenvalue weighted by molar-refractivity contribution is 6.05. The Morgan fingerprint density at radius 2 is 1.94 bits per heavy atom. The van der Waals surface area contributed by atoms with Gasteiger partial charge in [-0.2, -0.15) is 0 Å². The van der Waals surface area contributed by atoms with E-state index in [-0.39, 0.29) is 24.3 Å². The highest BCUT2D eigenvalue weighted by atomic mass is 16.5. The number of likely N-dealkylation sites (tertiary alicyclic amines) is 1. The molecular formula is C26H30N4O5. The lowest BCUT2D eigenvalue weighted by atomic mass is 9.86. The van der Waals surface area contributed by atoms with Crippen molar-refractivity contribution in [3.63, 3.8) is 0 Å². The zero-order valence-electron chi connectivity index (χ0n) is 19.9. The minimum absolute atomic E-state index is 0.0948. The fourth-order valence-electron chi connectivity index (χ4n) is 5.93. The third-order valence-electron chi connectivity index (χ3n) is 7.82. The monoisotopic (exact) mass is 478 g/mol. The second kappa shape index (κ2) is 8.78. The van der Waals surface area contributed by atoms with E-state index in [0.29, 0.717) is 30.5 Å². The molecule has 4 aliphatic rings. The molecule has 0 bridgehead atoms. The zero-order valence-corrected chi connectivity index (χ0v) is 19.9. The summed E-state index contributed by atoms with van der Waals surface area (Å²) in [5, 5.41) is 2.35. The lowest BCUT2D eigenvalue weighted by Gasteiger charge is -2.47. The maximum Gasteiger partial charge on any atom is 0.255 e. The molecule has 1 unspecified atom stereocenters. The van der Waals surface area contributed by atoms with Gasteiger partial charge in [0.1, 0.15) is 23.7 Å². The summed E-state index contributed by atoms with van der Waals surface area (Å²) < 4.78 is 12.2. The molecule has 1 saturated carbocycles. The first-order valence-electron chi connectivity index (χ1n) is 12.6. The van der Waals surface area contributed by atoms with Gasteiger partial charge in [-0.1, -0.05) is 6.42 Å². The summed E-state index contributed by atoms with van der Waals surface area (Å²) in [7, 11) is 0. The van der Waals surface area contributed by atoms with Crippen molar-refractivity contribution < 1.29 is 23.5 Å². The summed E-state index contributed by atoms with van der Waals surface area (Å²) in [4.78, 5) is 45.2. The highest BCUT2D eigenvalue weighted by Gasteiger charge is 2.42. The molecule has 3 aliphatic heterocycles. The molecule has 9 heteroatoms. The molecule has 3 amide bonds. The number of hydrogen-bond donors (Lipinski definition) is 1. The number of aryl methyl sites for hydroxylation is 1. The average Bonchev–Trinajstić information content (AvgIpc) is 3.37. The molecule has 2 aromatic rings. The smallest absolute Gasteiger partial charge is 0.255 e. The van der Waals surface area contributed by atoms with E-state index in [4.69, 9.17) is 9.15 Å². The van der Waals surface area contributed by atoms with Gasteiger partial charge in [-0.15, -0.1) is 0 Å². The maximum atomic E-state index is 13.0.